The van der Waals surface area contributed by atoms with Crippen molar-refractivity contribution in [3.8, 4) is 0 Å². The number of nitrogens with two attached hydrogens (primary N) is 3. The summed E-state index contributed by atoms with van der Waals surface area (Å²) in [6.07, 6.45) is 1.95. The molecule has 9 heteroatoms. The minimum Gasteiger partial charge on any atom is -0.465 e. The Morgan fingerprint density at radius 1 is 1.36 bits per heavy atom. The van der Waals surface area contributed by atoms with Crippen molar-refractivity contribution < 1.29 is 14.7 Å². The van der Waals surface area contributed by atoms with Crippen LogP contribution in [-0.4, -0.2) is 71.1 Å². The molecule has 1 heterocycles. The van der Waals surface area contributed by atoms with Gasteiger partial charge in [0.05, 0.1) is 0 Å². The third-order valence-corrected chi connectivity index (χ3v) is 5.17. The molecule has 1 amide bonds. The summed E-state index contributed by atoms with van der Waals surface area (Å²) in [4.78, 5) is 31.8. The Bertz CT molecular complexity index is 680. The molecule has 0 saturated carbocycles. The molecule has 0 bridgehead atoms. The van der Waals surface area contributed by atoms with E-state index in [4.69, 9.17) is 17.2 Å². The molecule has 1 aliphatic rings. The number of likely N-dealkylation sites (tertiary alicyclic amines) is 1. The molecule has 0 aromatic heterocycles. The third kappa shape index (κ3) is 4.99. The number of amides is 1. The topological polar surface area (TPSA) is 151 Å². The molecule has 0 spiro atoms. The van der Waals surface area contributed by atoms with Crippen LogP contribution < -0.4 is 17.2 Å². The molecule has 9 nitrogen and oxygen atoms in total. The van der Waals surface area contributed by atoms with Crippen LogP contribution in [-0.2, 0) is 11.2 Å². The van der Waals surface area contributed by atoms with Crippen molar-refractivity contribution in [1.82, 2.24) is 9.80 Å². The van der Waals surface area contributed by atoms with Gasteiger partial charge in [-0.1, -0.05) is 30.3 Å². The van der Waals surface area contributed by atoms with Crippen molar-refractivity contribution in [3.05, 3.63) is 35.9 Å². The van der Waals surface area contributed by atoms with Crippen LogP contribution in [0.15, 0.2) is 35.3 Å². The Balaban J connectivity index is 2.39. The highest BCUT2D eigenvalue weighted by atomic mass is 16.4. The number of benzene rings is 1. The molecule has 28 heavy (non-hydrogen) atoms. The number of carboxylic acid groups (broad SMARTS) is 1. The van der Waals surface area contributed by atoms with Gasteiger partial charge in [0.1, 0.15) is 0 Å². The van der Waals surface area contributed by atoms with E-state index in [0.29, 0.717) is 19.5 Å². The lowest BCUT2D eigenvalue weighted by Gasteiger charge is -2.47. The quantitative estimate of drug-likeness (QED) is 0.193. The second-order valence-corrected chi connectivity index (χ2v) is 6.98. The van der Waals surface area contributed by atoms with Gasteiger partial charge < -0.3 is 22.3 Å². The first-order chi connectivity index (χ1) is 13.4. The minimum atomic E-state index is -1.33. The van der Waals surface area contributed by atoms with Gasteiger partial charge in [0.15, 0.2) is 17.9 Å². The molecule has 2 unspecified atom stereocenters. The third-order valence-electron chi connectivity index (χ3n) is 5.17. The van der Waals surface area contributed by atoms with Crippen molar-refractivity contribution in [2.45, 2.75) is 37.4 Å². The van der Waals surface area contributed by atoms with Crippen LogP contribution in [0.5, 0.6) is 0 Å². The van der Waals surface area contributed by atoms with Crippen LogP contribution in [0.3, 0.4) is 0 Å². The summed E-state index contributed by atoms with van der Waals surface area (Å²) in [7, 11) is 0. The minimum absolute atomic E-state index is 0.0458. The fraction of sp³-hybridized carbons (Fsp3) is 0.526. The molecule has 1 fully saturated rings. The first-order valence-corrected chi connectivity index (χ1v) is 9.47. The number of carbonyl (C=O) groups is 2. The van der Waals surface area contributed by atoms with E-state index in [1.165, 1.54) is 4.90 Å². The molecule has 2 rings (SSSR count). The number of aliphatic imine (C=N–C) groups is 1. The number of guanidine groups is 1. The van der Waals surface area contributed by atoms with Gasteiger partial charge in [-0.15, -0.1) is 0 Å². The number of aldehydes is 1. The van der Waals surface area contributed by atoms with Crippen LogP contribution in [0.25, 0.3) is 0 Å². The highest BCUT2D eigenvalue weighted by Gasteiger charge is 2.48. The number of hydrogen-bond donors (Lipinski definition) is 4. The normalized spacial score (nSPS) is 19.0. The summed E-state index contributed by atoms with van der Waals surface area (Å²) in [6, 6.07) is 9.37. The maximum atomic E-state index is 12.5. The fourth-order valence-corrected chi connectivity index (χ4v) is 3.90. The van der Waals surface area contributed by atoms with Crippen molar-refractivity contribution >= 4 is 18.3 Å². The highest BCUT2D eigenvalue weighted by molar-refractivity contribution is 5.76. The molecule has 7 N–H and O–H groups in total. The average Bonchev–Trinajstić information content (AvgIpc) is 3.16. The Kier molecular flexibility index (Phi) is 7.77. The lowest BCUT2D eigenvalue weighted by Crippen LogP contribution is -2.66. The van der Waals surface area contributed by atoms with E-state index in [2.05, 4.69) is 4.99 Å². The zero-order valence-electron chi connectivity index (χ0n) is 16.0. The molecule has 1 aliphatic heterocycles. The molecule has 1 saturated heterocycles. The summed E-state index contributed by atoms with van der Waals surface area (Å²) < 4.78 is 0. The second kappa shape index (κ2) is 10.0. The van der Waals surface area contributed by atoms with Crippen molar-refractivity contribution in [2.24, 2.45) is 22.2 Å². The molecule has 1 aromatic carbocycles. The van der Waals surface area contributed by atoms with E-state index in [0.717, 1.165) is 24.7 Å². The summed E-state index contributed by atoms with van der Waals surface area (Å²) in [5, 5.41) is 9.97. The van der Waals surface area contributed by atoms with Gasteiger partial charge in [0.2, 0.25) is 0 Å². The monoisotopic (exact) mass is 390 g/mol. The van der Waals surface area contributed by atoms with E-state index in [9.17, 15) is 14.7 Å². The average molecular weight is 390 g/mol. The lowest BCUT2D eigenvalue weighted by molar-refractivity contribution is -0.132. The predicted octanol–water partition coefficient (Wildman–Crippen LogP) is 0.191. The number of rotatable bonds is 10. The van der Waals surface area contributed by atoms with Crippen LogP contribution >= 0.6 is 0 Å². The van der Waals surface area contributed by atoms with Crippen molar-refractivity contribution in [3.63, 3.8) is 0 Å². The molecule has 154 valence electrons. The number of hydrogen-bond acceptors (Lipinski definition) is 5. The van der Waals surface area contributed by atoms with Crippen LogP contribution in [0.1, 0.15) is 24.8 Å². The summed E-state index contributed by atoms with van der Waals surface area (Å²) in [5.41, 5.74) is 16.2. The standard InChI is InChI=1S/C19H30N6O3/c20-13-16-8-4-10-24(16)19(14-26,12-15-6-2-1-3-7-15)25(18(27)28)11-5-9-23-17(21)22/h1-3,6-7,14,16H,4-5,8-13,20H2,(H,27,28)(H4,21,22,23). The number of carbonyl (C=O) groups excluding carboxylic acids is 1. The van der Waals surface area contributed by atoms with Gasteiger partial charge in [0, 0.05) is 38.6 Å². The summed E-state index contributed by atoms with van der Waals surface area (Å²) >= 11 is 0. The maximum Gasteiger partial charge on any atom is 0.409 e. The van der Waals surface area contributed by atoms with Crippen molar-refractivity contribution in [2.75, 3.05) is 26.2 Å². The molecule has 0 radical (unpaired) electrons. The Labute approximate surface area is 165 Å². The largest absolute Gasteiger partial charge is 0.465 e. The van der Waals surface area contributed by atoms with E-state index in [1.807, 2.05) is 35.2 Å². The molecule has 0 aliphatic carbocycles. The SMILES string of the molecule is NCC1CCCN1C(C=O)(Cc1ccccc1)N(CCCN=C(N)N)C(=O)O. The fourth-order valence-electron chi connectivity index (χ4n) is 3.90. The molecular weight excluding hydrogens is 360 g/mol. The Morgan fingerprint density at radius 2 is 2.07 bits per heavy atom. The smallest absolute Gasteiger partial charge is 0.409 e. The van der Waals surface area contributed by atoms with E-state index in [-0.39, 0.29) is 31.5 Å². The number of nitrogens with zero attached hydrogens (tertiary/aromatic N) is 3. The van der Waals surface area contributed by atoms with Gasteiger partial charge in [-0.2, -0.15) is 0 Å². The molecule has 1 aromatic rings. The van der Waals surface area contributed by atoms with Crippen LogP contribution in [0, 0.1) is 0 Å². The van der Waals surface area contributed by atoms with E-state index < -0.39 is 11.8 Å². The maximum absolute atomic E-state index is 12.5. The van der Waals surface area contributed by atoms with Crippen molar-refractivity contribution in [1.29, 1.82) is 0 Å². The first-order valence-electron chi connectivity index (χ1n) is 9.47. The van der Waals surface area contributed by atoms with Gasteiger partial charge in [-0.05, 0) is 24.8 Å². The molecule has 2 atom stereocenters. The van der Waals surface area contributed by atoms with Gasteiger partial charge in [-0.3, -0.25) is 19.6 Å². The zero-order chi connectivity index (χ0) is 20.6. The lowest BCUT2D eigenvalue weighted by atomic mass is 9.95. The zero-order valence-corrected chi connectivity index (χ0v) is 16.0. The van der Waals surface area contributed by atoms with Crippen LogP contribution in [0.4, 0.5) is 4.79 Å². The molecular formula is C19H30N6O3. The van der Waals surface area contributed by atoms with Gasteiger partial charge in [-0.25, -0.2) is 4.79 Å². The second-order valence-electron chi connectivity index (χ2n) is 6.98. The van der Waals surface area contributed by atoms with Gasteiger partial charge in [0.25, 0.3) is 0 Å². The van der Waals surface area contributed by atoms with Crippen LogP contribution in [0.2, 0.25) is 0 Å². The Hall–Kier alpha value is -2.65. The summed E-state index contributed by atoms with van der Waals surface area (Å²) in [6.45, 7) is 1.40. The predicted molar refractivity (Wildman–Crippen MR) is 108 cm³/mol. The Morgan fingerprint density at radius 3 is 2.64 bits per heavy atom. The summed E-state index contributed by atoms with van der Waals surface area (Å²) in [5.74, 6) is -0.0458. The van der Waals surface area contributed by atoms with Gasteiger partial charge >= 0.3 is 6.09 Å². The van der Waals surface area contributed by atoms with E-state index in [1.54, 1.807) is 0 Å². The highest BCUT2D eigenvalue weighted by Crippen LogP contribution is 2.32. The van der Waals surface area contributed by atoms with E-state index >= 15 is 0 Å². The first kappa shape index (κ1) is 21.6.